The number of nitrogens with zero attached hydrogens (tertiary/aromatic N) is 1. The summed E-state index contributed by atoms with van der Waals surface area (Å²) in [6.45, 7) is 6.15. The van der Waals surface area contributed by atoms with Crippen LogP contribution in [0, 0.1) is 5.82 Å². The molecule has 0 fully saturated rings. The Morgan fingerprint density at radius 3 is 2.43 bits per heavy atom. The molecule has 0 unspecified atom stereocenters. The largest absolute Gasteiger partial charge is 0.336 e. The number of rotatable bonds is 5. The van der Waals surface area contributed by atoms with Gasteiger partial charge in [-0.05, 0) is 48.3 Å². The molecular formula is C13H18BrFN2O3S. The maximum absolute atomic E-state index is 13.7. The van der Waals surface area contributed by atoms with Gasteiger partial charge < -0.3 is 4.90 Å². The van der Waals surface area contributed by atoms with Crippen molar-refractivity contribution in [3.8, 4) is 0 Å². The van der Waals surface area contributed by atoms with Crippen LogP contribution in [0.1, 0.15) is 37.6 Å². The normalized spacial score (nSPS) is 11.8. The third-order valence-corrected chi connectivity index (χ3v) is 4.49. The van der Waals surface area contributed by atoms with Crippen LogP contribution in [0.25, 0.3) is 0 Å². The van der Waals surface area contributed by atoms with Crippen molar-refractivity contribution < 1.29 is 17.6 Å². The Kier molecular flexibility index (Phi) is 5.89. The third kappa shape index (κ3) is 4.24. The highest BCUT2D eigenvalue weighted by molar-refractivity contribution is 9.10. The lowest BCUT2D eigenvalue weighted by Crippen LogP contribution is -2.37. The van der Waals surface area contributed by atoms with Crippen LogP contribution in [0.3, 0.4) is 0 Å². The van der Waals surface area contributed by atoms with Crippen molar-refractivity contribution in [1.82, 2.24) is 4.90 Å². The molecular weight excluding hydrogens is 363 g/mol. The SMILES string of the molecule is CCCN(C(=O)c1cc(S(N)(=O)=O)c(F)cc1Br)C(C)C. The van der Waals surface area contributed by atoms with Crippen LogP contribution in [0.4, 0.5) is 4.39 Å². The van der Waals surface area contributed by atoms with Crippen LogP contribution in [-0.4, -0.2) is 31.8 Å². The molecule has 0 heterocycles. The number of nitrogens with two attached hydrogens (primary N) is 1. The van der Waals surface area contributed by atoms with Crippen LogP contribution in [0.5, 0.6) is 0 Å². The number of sulfonamides is 1. The molecule has 0 radical (unpaired) electrons. The molecule has 5 nitrogen and oxygen atoms in total. The lowest BCUT2D eigenvalue weighted by atomic mass is 10.1. The number of hydrogen-bond donors (Lipinski definition) is 1. The lowest BCUT2D eigenvalue weighted by Gasteiger charge is -2.27. The number of benzene rings is 1. The number of hydrogen-bond acceptors (Lipinski definition) is 3. The minimum absolute atomic E-state index is 0.0627. The molecule has 0 aliphatic rings. The highest BCUT2D eigenvalue weighted by Gasteiger charge is 2.24. The first-order valence-corrected chi connectivity index (χ1v) is 8.76. The number of amides is 1. The fourth-order valence-corrected chi connectivity index (χ4v) is 3.00. The van der Waals surface area contributed by atoms with Gasteiger partial charge in [-0.3, -0.25) is 4.79 Å². The van der Waals surface area contributed by atoms with Gasteiger partial charge in [0.25, 0.3) is 5.91 Å². The van der Waals surface area contributed by atoms with E-state index in [1.54, 1.807) is 4.90 Å². The summed E-state index contributed by atoms with van der Waals surface area (Å²) in [5, 5.41) is 4.96. The van der Waals surface area contributed by atoms with E-state index in [1.807, 2.05) is 20.8 Å². The molecule has 1 rings (SSSR count). The van der Waals surface area contributed by atoms with E-state index >= 15 is 0 Å². The van der Waals surface area contributed by atoms with E-state index in [2.05, 4.69) is 15.9 Å². The molecule has 0 saturated heterocycles. The second-order valence-corrected chi connectivity index (χ2v) is 7.28. The van der Waals surface area contributed by atoms with Crippen molar-refractivity contribution in [3.63, 3.8) is 0 Å². The van der Waals surface area contributed by atoms with Gasteiger partial charge in [0.1, 0.15) is 10.7 Å². The summed E-state index contributed by atoms with van der Waals surface area (Å²) in [7, 11) is -4.23. The van der Waals surface area contributed by atoms with Gasteiger partial charge >= 0.3 is 0 Å². The Bertz CT molecular complexity index is 647. The zero-order valence-electron chi connectivity index (χ0n) is 12.1. The fourth-order valence-electron chi connectivity index (χ4n) is 1.90. The third-order valence-electron chi connectivity index (χ3n) is 2.91. The van der Waals surface area contributed by atoms with E-state index < -0.39 is 20.7 Å². The predicted octanol–water partition coefficient (Wildman–Crippen LogP) is 2.50. The van der Waals surface area contributed by atoms with Gasteiger partial charge in [0.15, 0.2) is 0 Å². The van der Waals surface area contributed by atoms with E-state index in [4.69, 9.17) is 5.14 Å². The van der Waals surface area contributed by atoms with E-state index in [0.29, 0.717) is 6.54 Å². The first-order chi connectivity index (χ1) is 9.59. The summed E-state index contributed by atoms with van der Waals surface area (Å²) in [6, 6.07) is 1.85. The predicted molar refractivity (Wildman–Crippen MR) is 81.9 cm³/mol. The Labute approximate surface area is 132 Å². The van der Waals surface area contributed by atoms with Gasteiger partial charge in [-0.2, -0.15) is 0 Å². The van der Waals surface area contributed by atoms with Crippen molar-refractivity contribution in [2.45, 2.75) is 38.1 Å². The second kappa shape index (κ2) is 6.85. The Hall–Kier alpha value is -0.990. The van der Waals surface area contributed by atoms with Gasteiger partial charge in [-0.15, -0.1) is 0 Å². The quantitative estimate of drug-likeness (QED) is 0.851. The van der Waals surface area contributed by atoms with E-state index in [9.17, 15) is 17.6 Å². The summed E-state index contributed by atoms with van der Waals surface area (Å²) in [5.74, 6) is -1.36. The molecule has 0 spiro atoms. The standard InChI is InChI=1S/C13H18BrFN2O3S/c1-4-5-17(8(2)3)13(18)9-6-12(21(16,19)20)11(15)7-10(9)14/h6-8H,4-5H2,1-3H3,(H2,16,19,20). The minimum atomic E-state index is -4.23. The van der Waals surface area contributed by atoms with Gasteiger partial charge in [0.2, 0.25) is 10.0 Å². The highest BCUT2D eigenvalue weighted by atomic mass is 79.9. The molecule has 21 heavy (non-hydrogen) atoms. The molecule has 0 bridgehead atoms. The van der Waals surface area contributed by atoms with E-state index in [-0.39, 0.29) is 22.0 Å². The van der Waals surface area contributed by atoms with Crippen LogP contribution in [0.2, 0.25) is 0 Å². The van der Waals surface area contributed by atoms with Gasteiger partial charge in [-0.25, -0.2) is 17.9 Å². The molecule has 8 heteroatoms. The summed E-state index contributed by atoms with van der Waals surface area (Å²) >= 11 is 3.09. The Morgan fingerprint density at radius 1 is 1.43 bits per heavy atom. The topological polar surface area (TPSA) is 80.5 Å². The number of halogens is 2. The maximum atomic E-state index is 13.7. The van der Waals surface area contributed by atoms with E-state index in [1.165, 1.54) is 0 Å². The fraction of sp³-hybridized carbons (Fsp3) is 0.462. The summed E-state index contributed by atoms with van der Waals surface area (Å²) in [5.41, 5.74) is 0.0718. The maximum Gasteiger partial charge on any atom is 0.255 e. The van der Waals surface area contributed by atoms with Crippen LogP contribution >= 0.6 is 15.9 Å². The minimum Gasteiger partial charge on any atom is -0.336 e. The summed E-state index contributed by atoms with van der Waals surface area (Å²) in [4.78, 5) is 13.4. The van der Waals surface area contributed by atoms with Gasteiger partial charge in [0, 0.05) is 17.1 Å². The smallest absolute Gasteiger partial charge is 0.255 e. The molecule has 2 N–H and O–H groups in total. The molecule has 118 valence electrons. The molecule has 0 saturated carbocycles. The van der Waals surface area contributed by atoms with Crippen LogP contribution in [-0.2, 0) is 10.0 Å². The first kappa shape index (κ1) is 18.1. The zero-order chi connectivity index (χ0) is 16.4. The second-order valence-electron chi connectivity index (χ2n) is 4.90. The number of carbonyl (C=O) groups is 1. The molecule has 0 aliphatic carbocycles. The molecule has 1 amide bonds. The number of carbonyl (C=O) groups excluding carboxylic acids is 1. The van der Waals surface area contributed by atoms with Crippen molar-refractivity contribution in [2.24, 2.45) is 5.14 Å². The Balaban J connectivity index is 3.39. The van der Waals surface area contributed by atoms with Crippen molar-refractivity contribution in [2.75, 3.05) is 6.54 Å². The summed E-state index contributed by atoms with van der Waals surface area (Å²) < 4.78 is 36.6. The molecule has 1 aromatic rings. The molecule has 0 aromatic heterocycles. The lowest BCUT2D eigenvalue weighted by molar-refractivity contribution is 0.0704. The van der Waals surface area contributed by atoms with Gasteiger partial charge in [0.05, 0.1) is 5.56 Å². The summed E-state index contributed by atoms with van der Waals surface area (Å²) in [6.07, 6.45) is 0.755. The molecule has 0 aliphatic heterocycles. The Morgan fingerprint density at radius 2 is 2.00 bits per heavy atom. The zero-order valence-corrected chi connectivity index (χ0v) is 14.5. The van der Waals surface area contributed by atoms with Gasteiger partial charge in [-0.1, -0.05) is 6.92 Å². The van der Waals surface area contributed by atoms with Crippen molar-refractivity contribution in [3.05, 3.63) is 28.0 Å². The number of primary sulfonamides is 1. The monoisotopic (exact) mass is 380 g/mol. The average molecular weight is 381 g/mol. The molecule has 1 aromatic carbocycles. The molecule has 0 atom stereocenters. The first-order valence-electron chi connectivity index (χ1n) is 6.42. The average Bonchev–Trinajstić information content (AvgIpc) is 2.33. The van der Waals surface area contributed by atoms with Crippen LogP contribution in [0.15, 0.2) is 21.5 Å². The van der Waals surface area contributed by atoms with E-state index in [0.717, 1.165) is 18.6 Å². The highest BCUT2D eigenvalue weighted by Crippen LogP contribution is 2.25. The van der Waals surface area contributed by atoms with Crippen molar-refractivity contribution >= 4 is 31.9 Å². The van der Waals surface area contributed by atoms with Crippen LogP contribution < -0.4 is 5.14 Å². The van der Waals surface area contributed by atoms with Crippen molar-refractivity contribution in [1.29, 1.82) is 0 Å².